The van der Waals surface area contributed by atoms with Crippen LogP contribution >= 0.6 is 31.9 Å². The summed E-state index contributed by atoms with van der Waals surface area (Å²) in [5.41, 5.74) is 0. The quantitative estimate of drug-likeness (QED) is 0.568. The first kappa shape index (κ1) is 11.3. The number of ketones is 1. The Labute approximate surface area is 105 Å². The smallest absolute Gasteiger partial charge is 0.220 e. The van der Waals surface area contributed by atoms with Gasteiger partial charge in [-0.25, -0.2) is 0 Å². The van der Waals surface area contributed by atoms with Crippen molar-refractivity contribution in [1.82, 2.24) is 4.90 Å². The molecular formula is C10H11Br2NO2. The van der Waals surface area contributed by atoms with E-state index in [0.717, 1.165) is 0 Å². The molecule has 0 aromatic rings. The van der Waals surface area contributed by atoms with Crippen LogP contribution in [0.25, 0.3) is 0 Å². The van der Waals surface area contributed by atoms with Crippen LogP contribution in [0.15, 0.2) is 12.7 Å². The summed E-state index contributed by atoms with van der Waals surface area (Å²) in [7, 11) is 0. The van der Waals surface area contributed by atoms with Gasteiger partial charge in [-0.05, 0) is 6.08 Å². The summed E-state index contributed by atoms with van der Waals surface area (Å²) >= 11 is 7.07. The van der Waals surface area contributed by atoms with Gasteiger partial charge in [-0.3, -0.25) is 9.59 Å². The van der Waals surface area contributed by atoms with Gasteiger partial charge in [0.05, 0.1) is 9.28 Å². The molecule has 1 heterocycles. The molecule has 2 aliphatic rings. The number of amides is 1. The van der Waals surface area contributed by atoms with Gasteiger partial charge >= 0.3 is 0 Å². The molecule has 1 saturated carbocycles. The van der Waals surface area contributed by atoms with Crippen molar-refractivity contribution in [2.24, 2.45) is 11.8 Å². The molecule has 5 heteroatoms. The number of carbonyl (C=O) groups is 2. The third-order valence-corrected chi connectivity index (χ3v) is 5.46. The third kappa shape index (κ3) is 1.51. The van der Waals surface area contributed by atoms with Crippen molar-refractivity contribution >= 4 is 43.6 Å². The van der Waals surface area contributed by atoms with E-state index in [0.29, 0.717) is 12.5 Å². The second-order valence-corrected chi connectivity index (χ2v) is 7.72. The maximum atomic E-state index is 11.7. The first-order valence-corrected chi connectivity index (χ1v) is 6.31. The molecule has 3 atom stereocenters. The number of fused-ring (bicyclic) bond motifs is 1. The predicted octanol–water partition coefficient (Wildman–Crippen LogP) is 1.70. The summed E-state index contributed by atoms with van der Waals surface area (Å²) in [5.74, 6) is 0.388. The molecule has 2 rings (SSSR count). The molecule has 1 aliphatic heterocycles. The Balaban J connectivity index is 2.25. The fourth-order valence-electron chi connectivity index (χ4n) is 2.38. The van der Waals surface area contributed by atoms with Crippen molar-refractivity contribution in [1.29, 1.82) is 0 Å². The average Bonchev–Trinajstić information content (AvgIpc) is 2.60. The van der Waals surface area contributed by atoms with E-state index in [2.05, 4.69) is 38.4 Å². The Morgan fingerprint density at radius 1 is 1.53 bits per heavy atom. The number of carbonyl (C=O) groups excluding carboxylic acids is 2. The molecule has 0 unspecified atom stereocenters. The zero-order chi connectivity index (χ0) is 11.4. The second kappa shape index (κ2) is 3.42. The van der Waals surface area contributed by atoms with Gasteiger partial charge in [0.1, 0.15) is 0 Å². The third-order valence-electron chi connectivity index (χ3n) is 3.23. The summed E-state index contributed by atoms with van der Waals surface area (Å²) in [4.78, 5) is 24.7. The Bertz CT molecular complexity index is 353. The van der Waals surface area contributed by atoms with E-state index in [-0.39, 0.29) is 26.9 Å². The van der Waals surface area contributed by atoms with Gasteiger partial charge in [0.15, 0.2) is 5.78 Å². The lowest BCUT2D eigenvalue weighted by Crippen LogP contribution is -2.43. The summed E-state index contributed by atoms with van der Waals surface area (Å²) in [6, 6.07) is -0.344. The highest BCUT2D eigenvalue weighted by atomic mass is 79.9. The molecule has 3 nitrogen and oxygen atoms in total. The van der Waals surface area contributed by atoms with Gasteiger partial charge in [-0.15, -0.1) is 0 Å². The van der Waals surface area contributed by atoms with Crippen molar-refractivity contribution in [2.45, 2.75) is 16.2 Å². The van der Waals surface area contributed by atoms with Gasteiger partial charge in [0.25, 0.3) is 0 Å². The van der Waals surface area contributed by atoms with Crippen LogP contribution in [0.4, 0.5) is 0 Å². The zero-order valence-electron chi connectivity index (χ0n) is 8.24. The molecular weight excluding hydrogens is 326 g/mol. The minimum Gasteiger partial charge on any atom is -0.332 e. The molecule has 0 radical (unpaired) electrons. The van der Waals surface area contributed by atoms with Gasteiger partial charge in [0.2, 0.25) is 5.91 Å². The molecule has 2 fully saturated rings. The number of nitrogens with zero attached hydrogens (tertiary/aromatic N) is 1. The molecule has 0 bridgehead atoms. The van der Waals surface area contributed by atoms with Crippen LogP contribution in [0.3, 0.4) is 0 Å². The minimum absolute atomic E-state index is 0.0433. The Hall–Kier alpha value is -0.160. The normalized spacial score (nSPS) is 35.9. The Morgan fingerprint density at radius 2 is 2.13 bits per heavy atom. The number of piperidine rings is 1. The fraction of sp³-hybridized carbons (Fsp3) is 0.600. The topological polar surface area (TPSA) is 37.4 Å². The fourth-order valence-corrected chi connectivity index (χ4v) is 4.11. The molecule has 0 N–H and O–H groups in total. The van der Waals surface area contributed by atoms with Crippen molar-refractivity contribution in [3.8, 4) is 0 Å². The standard InChI is InChI=1S/C10H11Br2NO2/c1-3-7(15)9-8-6(10(8,11)12)4-13(9)5(2)14/h3,6,8-9H,1,4H2,2H3/t6-,8-,9+/m0/s1. The van der Waals surface area contributed by atoms with Crippen LogP contribution in [-0.2, 0) is 9.59 Å². The number of rotatable bonds is 2. The van der Waals surface area contributed by atoms with Crippen molar-refractivity contribution in [2.75, 3.05) is 6.54 Å². The molecule has 15 heavy (non-hydrogen) atoms. The van der Waals surface area contributed by atoms with Crippen LogP contribution in [0.2, 0.25) is 0 Å². The van der Waals surface area contributed by atoms with E-state index in [1.165, 1.54) is 13.0 Å². The minimum atomic E-state index is -0.344. The molecule has 1 amide bonds. The predicted molar refractivity (Wildman–Crippen MR) is 63.9 cm³/mol. The monoisotopic (exact) mass is 335 g/mol. The van der Waals surface area contributed by atoms with Crippen LogP contribution in [0.5, 0.6) is 0 Å². The summed E-state index contributed by atoms with van der Waals surface area (Å²) in [5, 5.41) is 0. The van der Waals surface area contributed by atoms with Crippen LogP contribution < -0.4 is 0 Å². The van der Waals surface area contributed by atoms with Gasteiger partial charge in [-0.2, -0.15) is 0 Å². The lowest BCUT2D eigenvalue weighted by molar-refractivity contribution is -0.135. The molecule has 0 aromatic heterocycles. The number of halogens is 2. The average molecular weight is 337 g/mol. The van der Waals surface area contributed by atoms with Crippen LogP contribution in [-0.4, -0.2) is 32.4 Å². The molecule has 1 aliphatic carbocycles. The van der Waals surface area contributed by atoms with E-state index < -0.39 is 0 Å². The van der Waals surface area contributed by atoms with Crippen molar-refractivity contribution in [3.05, 3.63) is 12.7 Å². The van der Waals surface area contributed by atoms with E-state index >= 15 is 0 Å². The molecule has 0 aromatic carbocycles. The first-order chi connectivity index (χ1) is 6.91. The lowest BCUT2D eigenvalue weighted by atomic mass is 10.1. The van der Waals surface area contributed by atoms with Gasteiger partial charge in [-0.1, -0.05) is 38.4 Å². The largest absolute Gasteiger partial charge is 0.332 e. The number of alkyl halides is 2. The highest BCUT2D eigenvalue weighted by Crippen LogP contribution is 2.67. The summed E-state index contributed by atoms with van der Waals surface area (Å²) < 4.78 is -0.157. The van der Waals surface area contributed by atoms with Crippen molar-refractivity contribution < 1.29 is 9.59 Å². The van der Waals surface area contributed by atoms with Gasteiger partial charge in [0, 0.05) is 25.3 Å². The van der Waals surface area contributed by atoms with E-state index in [1.807, 2.05) is 0 Å². The van der Waals surface area contributed by atoms with E-state index in [9.17, 15) is 9.59 Å². The highest BCUT2D eigenvalue weighted by Gasteiger charge is 2.71. The molecule has 1 saturated heterocycles. The Morgan fingerprint density at radius 3 is 2.60 bits per heavy atom. The number of likely N-dealkylation sites (tertiary alicyclic amines) is 1. The van der Waals surface area contributed by atoms with Crippen LogP contribution in [0.1, 0.15) is 6.92 Å². The summed E-state index contributed by atoms with van der Waals surface area (Å²) in [6.45, 7) is 5.62. The maximum Gasteiger partial charge on any atom is 0.220 e. The van der Waals surface area contributed by atoms with E-state index in [1.54, 1.807) is 4.90 Å². The number of hydrogen-bond acceptors (Lipinski definition) is 2. The van der Waals surface area contributed by atoms with Gasteiger partial charge < -0.3 is 4.90 Å². The zero-order valence-corrected chi connectivity index (χ0v) is 11.4. The SMILES string of the molecule is C=CC(=O)[C@@H]1[C@@H]2[C@H](CN1C(C)=O)C2(Br)Br. The maximum absolute atomic E-state index is 11.7. The number of hydrogen-bond donors (Lipinski definition) is 0. The summed E-state index contributed by atoms with van der Waals surface area (Å²) in [6.07, 6.45) is 1.30. The second-order valence-electron chi connectivity index (χ2n) is 4.03. The molecule has 0 spiro atoms. The van der Waals surface area contributed by atoms with Crippen LogP contribution in [0, 0.1) is 11.8 Å². The van der Waals surface area contributed by atoms with Crippen molar-refractivity contribution in [3.63, 3.8) is 0 Å². The molecule has 82 valence electrons. The highest BCUT2D eigenvalue weighted by molar-refractivity contribution is 9.25. The first-order valence-electron chi connectivity index (χ1n) is 4.72. The lowest BCUT2D eigenvalue weighted by Gasteiger charge is -2.26. The van der Waals surface area contributed by atoms with E-state index in [4.69, 9.17) is 0 Å². The Kier molecular flexibility index (Phi) is 2.58.